The summed E-state index contributed by atoms with van der Waals surface area (Å²) < 4.78 is 5.26. The maximum Gasteiger partial charge on any atom is 0.268 e. The Hall–Kier alpha value is -1.24. The number of thiophene rings is 1. The standard InChI is InChI=1S/C12H16N4OS/c1-8-5-16(6-9(8)13)7-11-14-12(17-15-11)10-3-2-4-18-10/h2-4,8-9H,5-7,13H2,1H3. The summed E-state index contributed by atoms with van der Waals surface area (Å²) in [5.41, 5.74) is 6.00. The number of likely N-dealkylation sites (tertiary alicyclic amines) is 1. The van der Waals surface area contributed by atoms with E-state index in [1.54, 1.807) is 11.3 Å². The fourth-order valence-electron chi connectivity index (χ4n) is 2.24. The molecule has 1 saturated heterocycles. The molecule has 0 aliphatic carbocycles. The van der Waals surface area contributed by atoms with Crippen molar-refractivity contribution in [1.29, 1.82) is 0 Å². The fraction of sp³-hybridized carbons (Fsp3) is 0.500. The van der Waals surface area contributed by atoms with Crippen molar-refractivity contribution in [2.75, 3.05) is 13.1 Å². The molecule has 0 saturated carbocycles. The number of nitrogens with two attached hydrogens (primary N) is 1. The van der Waals surface area contributed by atoms with Crippen LogP contribution < -0.4 is 5.73 Å². The van der Waals surface area contributed by atoms with Gasteiger partial charge in [0.1, 0.15) is 0 Å². The van der Waals surface area contributed by atoms with Crippen molar-refractivity contribution in [3.8, 4) is 10.8 Å². The van der Waals surface area contributed by atoms with Gasteiger partial charge in [0, 0.05) is 19.1 Å². The number of nitrogens with zero attached hydrogens (tertiary/aromatic N) is 3. The zero-order valence-electron chi connectivity index (χ0n) is 10.2. The van der Waals surface area contributed by atoms with Gasteiger partial charge >= 0.3 is 0 Å². The lowest BCUT2D eigenvalue weighted by Gasteiger charge is -2.11. The number of hydrogen-bond donors (Lipinski definition) is 1. The maximum absolute atomic E-state index is 6.00. The first-order valence-corrected chi connectivity index (χ1v) is 6.95. The maximum atomic E-state index is 6.00. The van der Waals surface area contributed by atoms with Gasteiger partial charge < -0.3 is 10.3 Å². The van der Waals surface area contributed by atoms with Crippen LogP contribution in [0.25, 0.3) is 10.8 Å². The molecule has 2 N–H and O–H groups in total. The molecule has 1 aliphatic rings. The van der Waals surface area contributed by atoms with E-state index < -0.39 is 0 Å². The van der Waals surface area contributed by atoms with Crippen molar-refractivity contribution in [3.05, 3.63) is 23.3 Å². The van der Waals surface area contributed by atoms with E-state index in [0.29, 0.717) is 18.4 Å². The topological polar surface area (TPSA) is 68.2 Å². The molecule has 6 heteroatoms. The minimum absolute atomic E-state index is 0.258. The molecule has 2 atom stereocenters. The van der Waals surface area contributed by atoms with Crippen LogP contribution in [0.3, 0.4) is 0 Å². The zero-order valence-corrected chi connectivity index (χ0v) is 11.1. The number of hydrogen-bond acceptors (Lipinski definition) is 6. The van der Waals surface area contributed by atoms with Crippen LogP contribution in [0.1, 0.15) is 12.7 Å². The van der Waals surface area contributed by atoms with Crippen LogP contribution in [0.4, 0.5) is 0 Å². The molecule has 0 bridgehead atoms. The lowest BCUT2D eigenvalue weighted by atomic mass is 10.1. The average molecular weight is 264 g/mol. The van der Waals surface area contributed by atoms with Crippen LogP contribution in [0.15, 0.2) is 22.0 Å². The lowest BCUT2D eigenvalue weighted by Crippen LogP contribution is -2.28. The molecule has 5 nitrogen and oxygen atoms in total. The highest BCUT2D eigenvalue weighted by molar-refractivity contribution is 7.13. The quantitative estimate of drug-likeness (QED) is 0.911. The third-order valence-corrected chi connectivity index (χ3v) is 4.17. The minimum Gasteiger partial charge on any atom is -0.333 e. The molecule has 0 radical (unpaired) electrons. The summed E-state index contributed by atoms with van der Waals surface area (Å²) in [6.45, 7) is 4.80. The molecule has 0 amide bonds. The minimum atomic E-state index is 0.258. The van der Waals surface area contributed by atoms with Gasteiger partial charge in [0.25, 0.3) is 5.89 Å². The van der Waals surface area contributed by atoms with E-state index in [0.717, 1.165) is 23.8 Å². The summed E-state index contributed by atoms with van der Waals surface area (Å²) in [7, 11) is 0. The molecule has 0 spiro atoms. The summed E-state index contributed by atoms with van der Waals surface area (Å²) >= 11 is 1.60. The molecule has 3 heterocycles. The van der Waals surface area contributed by atoms with Gasteiger partial charge in [-0.2, -0.15) is 4.98 Å². The largest absolute Gasteiger partial charge is 0.333 e. The fourth-order valence-corrected chi connectivity index (χ4v) is 2.89. The van der Waals surface area contributed by atoms with E-state index in [-0.39, 0.29) is 6.04 Å². The van der Waals surface area contributed by atoms with Gasteiger partial charge in [-0.1, -0.05) is 18.1 Å². The second-order valence-corrected chi connectivity index (χ2v) is 5.78. The zero-order chi connectivity index (χ0) is 12.5. The molecule has 1 fully saturated rings. The first-order chi connectivity index (χ1) is 8.72. The summed E-state index contributed by atoms with van der Waals surface area (Å²) in [4.78, 5) is 7.71. The van der Waals surface area contributed by atoms with Gasteiger partial charge in [0.15, 0.2) is 5.82 Å². The molecule has 1 aliphatic heterocycles. The average Bonchev–Trinajstić information content (AvgIpc) is 3.02. The van der Waals surface area contributed by atoms with Crippen molar-refractivity contribution < 1.29 is 4.52 Å². The summed E-state index contributed by atoms with van der Waals surface area (Å²) in [5.74, 6) is 1.88. The van der Waals surface area contributed by atoms with Crippen molar-refractivity contribution in [2.45, 2.75) is 19.5 Å². The van der Waals surface area contributed by atoms with E-state index in [2.05, 4.69) is 22.0 Å². The van der Waals surface area contributed by atoms with Gasteiger partial charge in [-0.15, -0.1) is 11.3 Å². The van der Waals surface area contributed by atoms with Crippen LogP contribution >= 0.6 is 11.3 Å². The molecule has 3 rings (SSSR count). The van der Waals surface area contributed by atoms with Crippen molar-refractivity contribution in [3.63, 3.8) is 0 Å². The molecule has 96 valence electrons. The van der Waals surface area contributed by atoms with Crippen molar-refractivity contribution in [1.82, 2.24) is 15.0 Å². The molecular weight excluding hydrogens is 248 g/mol. The SMILES string of the molecule is CC1CN(Cc2noc(-c3cccs3)n2)CC1N. The second-order valence-electron chi connectivity index (χ2n) is 4.83. The second kappa shape index (κ2) is 4.79. The third kappa shape index (κ3) is 2.31. The molecule has 18 heavy (non-hydrogen) atoms. The number of rotatable bonds is 3. The highest BCUT2D eigenvalue weighted by Gasteiger charge is 2.27. The highest BCUT2D eigenvalue weighted by atomic mass is 32.1. The highest BCUT2D eigenvalue weighted by Crippen LogP contribution is 2.23. The molecule has 2 unspecified atom stereocenters. The van der Waals surface area contributed by atoms with E-state index in [9.17, 15) is 0 Å². The Morgan fingerprint density at radius 1 is 1.56 bits per heavy atom. The van der Waals surface area contributed by atoms with Crippen LogP contribution in [0.5, 0.6) is 0 Å². The van der Waals surface area contributed by atoms with Gasteiger partial charge in [-0.05, 0) is 17.4 Å². The summed E-state index contributed by atoms with van der Waals surface area (Å²) in [6, 6.07) is 4.22. The normalized spacial score (nSPS) is 24.8. The van der Waals surface area contributed by atoms with Gasteiger partial charge in [0.05, 0.1) is 11.4 Å². The first-order valence-electron chi connectivity index (χ1n) is 6.07. The van der Waals surface area contributed by atoms with Crippen molar-refractivity contribution >= 4 is 11.3 Å². The molecule has 2 aromatic rings. The Bertz CT molecular complexity index is 500. The van der Waals surface area contributed by atoms with Crippen LogP contribution in [-0.2, 0) is 6.54 Å². The van der Waals surface area contributed by atoms with Crippen LogP contribution in [0.2, 0.25) is 0 Å². The van der Waals surface area contributed by atoms with Gasteiger partial charge in [-0.3, -0.25) is 4.90 Å². The third-order valence-electron chi connectivity index (χ3n) is 3.31. The van der Waals surface area contributed by atoms with E-state index in [1.165, 1.54) is 0 Å². The van der Waals surface area contributed by atoms with Crippen LogP contribution in [-0.4, -0.2) is 34.2 Å². The Morgan fingerprint density at radius 2 is 2.44 bits per heavy atom. The van der Waals surface area contributed by atoms with Crippen LogP contribution in [0, 0.1) is 5.92 Å². The van der Waals surface area contributed by atoms with Gasteiger partial charge in [0.2, 0.25) is 0 Å². The van der Waals surface area contributed by atoms with E-state index in [1.807, 2.05) is 17.5 Å². The molecule has 2 aromatic heterocycles. The molecular formula is C12H16N4OS. The summed E-state index contributed by atoms with van der Waals surface area (Å²) in [6.07, 6.45) is 0. The molecule has 0 aromatic carbocycles. The predicted octanol–water partition coefficient (Wildman–Crippen LogP) is 1.58. The number of aromatic nitrogens is 2. The lowest BCUT2D eigenvalue weighted by molar-refractivity contribution is 0.302. The Balaban J connectivity index is 1.68. The van der Waals surface area contributed by atoms with E-state index in [4.69, 9.17) is 10.3 Å². The predicted molar refractivity (Wildman–Crippen MR) is 70.0 cm³/mol. The van der Waals surface area contributed by atoms with E-state index >= 15 is 0 Å². The Labute approximate surface area is 110 Å². The van der Waals surface area contributed by atoms with Crippen molar-refractivity contribution in [2.24, 2.45) is 11.7 Å². The Kier molecular flexibility index (Phi) is 3.15. The van der Waals surface area contributed by atoms with Gasteiger partial charge in [-0.25, -0.2) is 0 Å². The smallest absolute Gasteiger partial charge is 0.268 e. The monoisotopic (exact) mass is 264 g/mol. The summed E-state index contributed by atoms with van der Waals surface area (Å²) in [5, 5.41) is 6.02. The Morgan fingerprint density at radius 3 is 3.11 bits per heavy atom. The first kappa shape index (κ1) is 11.8.